The van der Waals surface area contributed by atoms with E-state index in [-0.39, 0.29) is 0 Å². The molecule has 138 valence electrons. The van der Waals surface area contributed by atoms with E-state index in [1.54, 1.807) is 0 Å². The topological polar surface area (TPSA) is 20.2 Å². The maximum atomic E-state index is 3.74. The van der Waals surface area contributed by atoms with Crippen LogP contribution in [0.2, 0.25) is 0 Å². The SMILES string of the molecule is c1ccc2c(c1)ccc1[nH]c3cc4c5ccccc5n5c6ccccc6c(c3c12)c45. The third kappa shape index (κ3) is 1.56. The molecule has 0 saturated carbocycles. The number of hydrogen-bond acceptors (Lipinski definition) is 0. The third-order valence-corrected chi connectivity index (χ3v) is 6.82. The van der Waals surface area contributed by atoms with Gasteiger partial charge >= 0.3 is 0 Å². The first-order valence-corrected chi connectivity index (χ1v) is 10.4. The lowest BCUT2D eigenvalue weighted by Gasteiger charge is -2.02. The van der Waals surface area contributed by atoms with E-state index in [1.165, 1.54) is 70.7 Å². The molecule has 0 bridgehead atoms. The van der Waals surface area contributed by atoms with Crippen LogP contribution in [-0.4, -0.2) is 9.38 Å². The standard InChI is InChI=1S/C28H16N2/c1-2-8-17-16(7-1)13-14-21-25(17)27-22(29-21)15-20-18-9-3-5-11-23(18)30-24-12-6-4-10-19(24)26(27)28(20)30/h1-15,29H. The molecule has 2 nitrogen and oxygen atoms in total. The number of rotatable bonds is 0. The number of hydrogen-bond donors (Lipinski definition) is 1. The Hall–Kier alpha value is -4.04. The number of H-pyrrole nitrogens is 1. The van der Waals surface area contributed by atoms with Crippen molar-refractivity contribution in [2.24, 2.45) is 0 Å². The van der Waals surface area contributed by atoms with Gasteiger partial charge in [-0.05, 0) is 35.0 Å². The average molecular weight is 380 g/mol. The van der Waals surface area contributed by atoms with Gasteiger partial charge < -0.3 is 9.38 Å². The highest BCUT2D eigenvalue weighted by Crippen LogP contribution is 2.45. The summed E-state index contributed by atoms with van der Waals surface area (Å²) < 4.78 is 2.46. The Morgan fingerprint density at radius 3 is 2.07 bits per heavy atom. The minimum Gasteiger partial charge on any atom is -0.354 e. The molecule has 0 saturated heterocycles. The van der Waals surface area contributed by atoms with E-state index in [1.807, 2.05) is 0 Å². The molecule has 1 N–H and O–H groups in total. The second kappa shape index (κ2) is 4.92. The summed E-state index contributed by atoms with van der Waals surface area (Å²) in [5.74, 6) is 0. The fourth-order valence-electron chi connectivity index (χ4n) is 5.67. The summed E-state index contributed by atoms with van der Waals surface area (Å²) in [4.78, 5) is 3.74. The molecule has 0 aliphatic carbocycles. The predicted octanol–water partition coefficient (Wildman–Crippen LogP) is 7.62. The van der Waals surface area contributed by atoms with E-state index >= 15 is 0 Å². The van der Waals surface area contributed by atoms with Crippen molar-refractivity contribution in [1.29, 1.82) is 0 Å². The highest BCUT2D eigenvalue weighted by molar-refractivity contribution is 6.37. The highest BCUT2D eigenvalue weighted by Gasteiger charge is 2.22. The van der Waals surface area contributed by atoms with Gasteiger partial charge in [-0.2, -0.15) is 0 Å². The highest BCUT2D eigenvalue weighted by atomic mass is 14.9. The molecular formula is C28H16N2. The van der Waals surface area contributed by atoms with Crippen molar-refractivity contribution in [1.82, 2.24) is 9.38 Å². The van der Waals surface area contributed by atoms with Gasteiger partial charge in [-0.1, -0.05) is 66.7 Å². The second-order valence-electron chi connectivity index (χ2n) is 8.27. The number of nitrogens with one attached hydrogen (secondary N) is 1. The molecule has 8 rings (SSSR count). The van der Waals surface area contributed by atoms with Gasteiger partial charge in [0.15, 0.2) is 0 Å². The molecule has 0 atom stereocenters. The first kappa shape index (κ1) is 14.9. The predicted molar refractivity (Wildman–Crippen MR) is 128 cm³/mol. The molecule has 2 heteroatoms. The van der Waals surface area contributed by atoms with E-state index in [9.17, 15) is 0 Å². The largest absolute Gasteiger partial charge is 0.354 e. The molecule has 0 amide bonds. The Morgan fingerprint density at radius 2 is 1.20 bits per heavy atom. The number of nitrogens with zero attached hydrogens (tertiary/aromatic N) is 1. The van der Waals surface area contributed by atoms with Crippen molar-refractivity contribution in [2.75, 3.05) is 0 Å². The van der Waals surface area contributed by atoms with Crippen molar-refractivity contribution < 1.29 is 0 Å². The van der Waals surface area contributed by atoms with Gasteiger partial charge in [0.05, 0.1) is 16.6 Å². The van der Waals surface area contributed by atoms with E-state index in [0.717, 1.165) is 0 Å². The number of para-hydroxylation sites is 2. The van der Waals surface area contributed by atoms with Crippen LogP contribution in [0.1, 0.15) is 0 Å². The molecule has 3 heterocycles. The minimum absolute atomic E-state index is 1.20. The van der Waals surface area contributed by atoms with E-state index in [0.29, 0.717) is 0 Å². The van der Waals surface area contributed by atoms with Crippen molar-refractivity contribution in [3.63, 3.8) is 0 Å². The molecule has 0 unspecified atom stereocenters. The summed E-state index contributed by atoms with van der Waals surface area (Å²) in [7, 11) is 0. The number of aromatic nitrogens is 2. The maximum absolute atomic E-state index is 3.74. The van der Waals surface area contributed by atoms with Gasteiger partial charge in [-0.25, -0.2) is 0 Å². The molecule has 0 aliphatic heterocycles. The van der Waals surface area contributed by atoms with Crippen LogP contribution in [0, 0.1) is 0 Å². The molecule has 0 radical (unpaired) electrons. The molecule has 0 fully saturated rings. The van der Waals surface area contributed by atoms with Crippen LogP contribution in [0.4, 0.5) is 0 Å². The van der Waals surface area contributed by atoms with Crippen LogP contribution in [0.3, 0.4) is 0 Å². The minimum atomic E-state index is 1.20. The zero-order valence-electron chi connectivity index (χ0n) is 16.1. The second-order valence-corrected chi connectivity index (χ2v) is 8.27. The normalized spacial score (nSPS) is 12.7. The first-order valence-electron chi connectivity index (χ1n) is 10.4. The molecule has 5 aromatic carbocycles. The van der Waals surface area contributed by atoms with Gasteiger partial charge in [-0.15, -0.1) is 0 Å². The van der Waals surface area contributed by atoms with E-state index in [4.69, 9.17) is 0 Å². The zero-order chi connectivity index (χ0) is 19.4. The first-order chi connectivity index (χ1) is 14.9. The number of fused-ring (bicyclic) bond motifs is 12. The van der Waals surface area contributed by atoms with Crippen molar-refractivity contribution in [2.45, 2.75) is 0 Å². The summed E-state index contributed by atoms with van der Waals surface area (Å²) in [6.45, 7) is 0. The summed E-state index contributed by atoms with van der Waals surface area (Å²) in [5.41, 5.74) is 6.30. The van der Waals surface area contributed by atoms with Gasteiger partial charge in [0.25, 0.3) is 0 Å². The lowest BCUT2D eigenvalue weighted by Crippen LogP contribution is -1.78. The Morgan fingerprint density at radius 1 is 0.500 bits per heavy atom. The Kier molecular flexibility index (Phi) is 2.44. The van der Waals surface area contributed by atoms with Gasteiger partial charge in [0, 0.05) is 43.4 Å². The Bertz CT molecular complexity index is 1950. The lowest BCUT2D eigenvalue weighted by atomic mass is 9.99. The fourth-order valence-corrected chi connectivity index (χ4v) is 5.67. The summed E-state index contributed by atoms with van der Waals surface area (Å²) in [5, 5.41) is 10.6. The van der Waals surface area contributed by atoms with Crippen LogP contribution in [0.15, 0.2) is 91.0 Å². The lowest BCUT2D eigenvalue weighted by molar-refractivity contribution is 1.37. The van der Waals surface area contributed by atoms with E-state index in [2.05, 4.69) is 100 Å². The smallest absolute Gasteiger partial charge is 0.0628 e. The number of benzene rings is 5. The molecule has 3 aromatic heterocycles. The van der Waals surface area contributed by atoms with Crippen molar-refractivity contribution >= 4 is 70.7 Å². The van der Waals surface area contributed by atoms with Crippen LogP contribution in [0.25, 0.3) is 70.7 Å². The van der Waals surface area contributed by atoms with Crippen LogP contribution in [0.5, 0.6) is 0 Å². The van der Waals surface area contributed by atoms with Crippen molar-refractivity contribution in [3.8, 4) is 0 Å². The molecule has 0 aliphatic rings. The van der Waals surface area contributed by atoms with Crippen LogP contribution >= 0.6 is 0 Å². The summed E-state index contributed by atoms with van der Waals surface area (Å²) >= 11 is 0. The Balaban J connectivity index is 1.82. The van der Waals surface area contributed by atoms with E-state index < -0.39 is 0 Å². The molecule has 0 spiro atoms. The average Bonchev–Trinajstić information content (AvgIpc) is 3.44. The molecule has 8 aromatic rings. The van der Waals surface area contributed by atoms with Gasteiger partial charge in [0.2, 0.25) is 0 Å². The van der Waals surface area contributed by atoms with Crippen LogP contribution < -0.4 is 0 Å². The van der Waals surface area contributed by atoms with Gasteiger partial charge in [-0.3, -0.25) is 0 Å². The Labute approximate surface area is 171 Å². The quantitative estimate of drug-likeness (QED) is 0.279. The zero-order valence-corrected chi connectivity index (χ0v) is 16.1. The summed E-state index contributed by atoms with van der Waals surface area (Å²) in [6.07, 6.45) is 0. The summed E-state index contributed by atoms with van der Waals surface area (Å²) in [6, 6.07) is 33.1. The maximum Gasteiger partial charge on any atom is 0.0628 e. The molecule has 30 heavy (non-hydrogen) atoms. The number of aromatic amines is 1. The van der Waals surface area contributed by atoms with Gasteiger partial charge in [0.1, 0.15) is 0 Å². The fraction of sp³-hybridized carbons (Fsp3) is 0. The van der Waals surface area contributed by atoms with Crippen LogP contribution in [-0.2, 0) is 0 Å². The van der Waals surface area contributed by atoms with Crippen molar-refractivity contribution in [3.05, 3.63) is 91.0 Å². The third-order valence-electron chi connectivity index (χ3n) is 6.82. The monoisotopic (exact) mass is 380 g/mol. The molecular weight excluding hydrogens is 364 g/mol.